The predicted octanol–water partition coefficient (Wildman–Crippen LogP) is -0.238. The molecule has 1 heterocycles. The fourth-order valence-electron chi connectivity index (χ4n) is 1.51. The number of carbonyl (C=O) groups excluding carboxylic acids is 2. The van der Waals surface area contributed by atoms with Crippen molar-refractivity contribution < 1.29 is 14.3 Å². The van der Waals surface area contributed by atoms with E-state index in [4.69, 9.17) is 4.74 Å². The van der Waals surface area contributed by atoms with E-state index in [2.05, 4.69) is 5.32 Å². The lowest BCUT2D eigenvalue weighted by Crippen LogP contribution is -2.46. The fourth-order valence-corrected chi connectivity index (χ4v) is 1.51. The minimum atomic E-state index is -0.291. The van der Waals surface area contributed by atoms with Gasteiger partial charge in [-0.15, -0.1) is 0 Å². The van der Waals surface area contributed by atoms with Gasteiger partial charge >= 0.3 is 5.97 Å². The Morgan fingerprint density at radius 3 is 2.53 bits per heavy atom. The van der Waals surface area contributed by atoms with Crippen molar-refractivity contribution >= 4 is 11.9 Å². The molecule has 1 fully saturated rings. The van der Waals surface area contributed by atoms with Gasteiger partial charge < -0.3 is 15.0 Å². The normalized spacial score (nSPS) is 16.2. The SMILES string of the molecule is CCOC(=O)CCC(=O)N1CCNCC1. The molecule has 1 aliphatic heterocycles. The van der Waals surface area contributed by atoms with Gasteiger partial charge in [-0.3, -0.25) is 9.59 Å². The van der Waals surface area contributed by atoms with Gasteiger partial charge in [-0.25, -0.2) is 0 Å². The highest BCUT2D eigenvalue weighted by Gasteiger charge is 2.16. The van der Waals surface area contributed by atoms with E-state index in [-0.39, 0.29) is 24.7 Å². The number of nitrogens with zero attached hydrogens (tertiary/aromatic N) is 1. The number of hydrogen-bond acceptors (Lipinski definition) is 4. The topological polar surface area (TPSA) is 58.6 Å². The molecule has 0 unspecified atom stereocenters. The number of piperazine rings is 1. The van der Waals surface area contributed by atoms with E-state index < -0.39 is 0 Å². The molecule has 0 aliphatic carbocycles. The number of hydrogen-bond donors (Lipinski definition) is 1. The molecule has 0 bridgehead atoms. The molecule has 0 spiro atoms. The van der Waals surface area contributed by atoms with Gasteiger partial charge in [0.2, 0.25) is 5.91 Å². The Morgan fingerprint density at radius 1 is 1.27 bits per heavy atom. The molecule has 1 saturated heterocycles. The summed E-state index contributed by atoms with van der Waals surface area (Å²) in [5.41, 5.74) is 0. The molecule has 1 rings (SSSR count). The first-order chi connectivity index (χ1) is 7.24. The van der Waals surface area contributed by atoms with Gasteiger partial charge in [-0.1, -0.05) is 0 Å². The Hall–Kier alpha value is -1.10. The van der Waals surface area contributed by atoms with Crippen LogP contribution in [0.5, 0.6) is 0 Å². The molecule has 15 heavy (non-hydrogen) atoms. The third kappa shape index (κ3) is 4.29. The Balaban J connectivity index is 2.19. The zero-order valence-corrected chi connectivity index (χ0v) is 9.12. The molecule has 0 aromatic heterocycles. The zero-order chi connectivity index (χ0) is 11.1. The van der Waals surface area contributed by atoms with Crippen LogP contribution in [0.4, 0.5) is 0 Å². The average Bonchev–Trinajstić information content (AvgIpc) is 2.27. The van der Waals surface area contributed by atoms with Crippen LogP contribution in [-0.2, 0) is 14.3 Å². The summed E-state index contributed by atoms with van der Waals surface area (Å²) < 4.78 is 4.76. The second kappa shape index (κ2) is 6.40. The van der Waals surface area contributed by atoms with Crippen LogP contribution in [0.1, 0.15) is 19.8 Å². The van der Waals surface area contributed by atoms with Crippen molar-refractivity contribution in [2.45, 2.75) is 19.8 Å². The van der Waals surface area contributed by atoms with Crippen molar-refractivity contribution in [1.29, 1.82) is 0 Å². The number of nitrogens with one attached hydrogen (secondary N) is 1. The van der Waals surface area contributed by atoms with Crippen LogP contribution >= 0.6 is 0 Å². The van der Waals surface area contributed by atoms with Crippen molar-refractivity contribution in [3.05, 3.63) is 0 Å². The third-order valence-electron chi connectivity index (χ3n) is 2.32. The van der Waals surface area contributed by atoms with E-state index in [1.165, 1.54) is 0 Å². The maximum atomic E-state index is 11.6. The number of esters is 1. The monoisotopic (exact) mass is 214 g/mol. The average molecular weight is 214 g/mol. The van der Waals surface area contributed by atoms with E-state index in [0.717, 1.165) is 26.2 Å². The Morgan fingerprint density at radius 2 is 1.93 bits per heavy atom. The van der Waals surface area contributed by atoms with E-state index in [9.17, 15) is 9.59 Å². The molecule has 1 aliphatic rings. The van der Waals surface area contributed by atoms with Gasteiger partial charge in [-0.05, 0) is 6.92 Å². The maximum Gasteiger partial charge on any atom is 0.306 e. The summed E-state index contributed by atoms with van der Waals surface area (Å²) in [6.07, 6.45) is 0.454. The Bertz CT molecular complexity index is 225. The standard InChI is InChI=1S/C10H18N2O3/c1-2-15-10(14)4-3-9(13)12-7-5-11-6-8-12/h11H,2-8H2,1H3. The molecule has 1 N–H and O–H groups in total. The molecule has 5 nitrogen and oxygen atoms in total. The minimum absolute atomic E-state index is 0.0459. The van der Waals surface area contributed by atoms with Crippen molar-refractivity contribution in [2.75, 3.05) is 32.8 Å². The second-order valence-electron chi connectivity index (χ2n) is 3.44. The summed E-state index contributed by atoms with van der Waals surface area (Å²) in [6.45, 7) is 5.29. The number of rotatable bonds is 4. The smallest absolute Gasteiger partial charge is 0.306 e. The van der Waals surface area contributed by atoms with Crippen LogP contribution in [0.3, 0.4) is 0 Å². The van der Waals surface area contributed by atoms with Gasteiger partial charge in [0, 0.05) is 32.6 Å². The summed E-state index contributed by atoms with van der Waals surface area (Å²) in [5, 5.41) is 3.17. The molecule has 0 saturated carbocycles. The van der Waals surface area contributed by atoms with Crippen molar-refractivity contribution in [1.82, 2.24) is 10.2 Å². The van der Waals surface area contributed by atoms with Crippen LogP contribution in [0, 0.1) is 0 Å². The Kier molecular flexibility index (Phi) is 5.10. The molecule has 0 aromatic rings. The van der Waals surface area contributed by atoms with Crippen molar-refractivity contribution in [3.8, 4) is 0 Å². The zero-order valence-electron chi connectivity index (χ0n) is 9.12. The van der Waals surface area contributed by atoms with Gasteiger partial charge in [0.25, 0.3) is 0 Å². The molecule has 1 amide bonds. The molecule has 86 valence electrons. The summed E-state index contributed by atoms with van der Waals surface area (Å²) in [7, 11) is 0. The highest BCUT2D eigenvalue weighted by molar-refractivity contribution is 5.81. The quantitative estimate of drug-likeness (QED) is 0.656. The lowest BCUT2D eigenvalue weighted by molar-refractivity contribution is -0.145. The van der Waals surface area contributed by atoms with Gasteiger partial charge in [0.15, 0.2) is 0 Å². The van der Waals surface area contributed by atoms with E-state index in [0.29, 0.717) is 6.61 Å². The summed E-state index contributed by atoms with van der Waals surface area (Å²) in [5.74, 6) is -0.245. The predicted molar refractivity (Wildman–Crippen MR) is 55.3 cm³/mol. The third-order valence-corrected chi connectivity index (χ3v) is 2.32. The largest absolute Gasteiger partial charge is 0.466 e. The molecular weight excluding hydrogens is 196 g/mol. The van der Waals surface area contributed by atoms with Gasteiger partial charge in [0.05, 0.1) is 13.0 Å². The van der Waals surface area contributed by atoms with Crippen LogP contribution in [0.2, 0.25) is 0 Å². The number of ether oxygens (including phenoxy) is 1. The first kappa shape index (κ1) is 12.0. The first-order valence-electron chi connectivity index (χ1n) is 5.38. The minimum Gasteiger partial charge on any atom is -0.466 e. The second-order valence-corrected chi connectivity index (χ2v) is 3.44. The molecule has 0 aromatic carbocycles. The highest BCUT2D eigenvalue weighted by Crippen LogP contribution is 2.01. The van der Waals surface area contributed by atoms with Crippen LogP contribution in [0.25, 0.3) is 0 Å². The summed E-state index contributed by atoms with van der Waals surface area (Å²) in [6, 6.07) is 0. The van der Waals surface area contributed by atoms with E-state index in [1.54, 1.807) is 11.8 Å². The fraction of sp³-hybridized carbons (Fsp3) is 0.800. The summed E-state index contributed by atoms with van der Waals surface area (Å²) in [4.78, 5) is 24.4. The number of amides is 1. The van der Waals surface area contributed by atoms with E-state index in [1.807, 2.05) is 0 Å². The lowest BCUT2D eigenvalue weighted by Gasteiger charge is -2.27. The van der Waals surface area contributed by atoms with Crippen molar-refractivity contribution in [3.63, 3.8) is 0 Å². The first-order valence-corrected chi connectivity index (χ1v) is 5.38. The van der Waals surface area contributed by atoms with Crippen molar-refractivity contribution in [2.24, 2.45) is 0 Å². The van der Waals surface area contributed by atoms with Gasteiger partial charge in [-0.2, -0.15) is 0 Å². The number of carbonyl (C=O) groups is 2. The lowest BCUT2D eigenvalue weighted by atomic mass is 10.2. The Labute approximate surface area is 89.8 Å². The van der Waals surface area contributed by atoms with Crippen LogP contribution in [-0.4, -0.2) is 49.6 Å². The highest BCUT2D eigenvalue weighted by atomic mass is 16.5. The van der Waals surface area contributed by atoms with Crippen LogP contribution < -0.4 is 5.32 Å². The molecule has 5 heteroatoms. The maximum absolute atomic E-state index is 11.6. The molecule has 0 atom stereocenters. The molecular formula is C10H18N2O3. The van der Waals surface area contributed by atoms with Gasteiger partial charge in [0.1, 0.15) is 0 Å². The van der Waals surface area contributed by atoms with Crippen LogP contribution in [0.15, 0.2) is 0 Å². The summed E-state index contributed by atoms with van der Waals surface area (Å²) >= 11 is 0. The molecule has 0 radical (unpaired) electrons. The van der Waals surface area contributed by atoms with E-state index >= 15 is 0 Å².